The second-order valence-corrected chi connectivity index (χ2v) is 6.53. The molecule has 25 heavy (non-hydrogen) atoms. The van der Waals surface area contributed by atoms with Crippen LogP contribution in [0.2, 0.25) is 0 Å². The van der Waals surface area contributed by atoms with Gasteiger partial charge in [0.1, 0.15) is 28.6 Å². The van der Waals surface area contributed by atoms with Gasteiger partial charge < -0.3 is 13.6 Å². The van der Waals surface area contributed by atoms with E-state index in [0.717, 1.165) is 22.8 Å². The Balaban J connectivity index is 1.62. The van der Waals surface area contributed by atoms with E-state index in [0.29, 0.717) is 5.17 Å². The molecule has 0 fully saturated rings. The third-order valence-corrected chi connectivity index (χ3v) is 5.05. The van der Waals surface area contributed by atoms with E-state index in [1.54, 1.807) is 37.6 Å². The van der Waals surface area contributed by atoms with E-state index in [4.69, 9.17) is 18.6 Å². The molecule has 1 aromatic carbocycles. The van der Waals surface area contributed by atoms with Gasteiger partial charge in [-0.05, 0) is 36.4 Å². The average Bonchev–Trinajstić information content (AvgIpc) is 3.40. The average molecular weight is 352 g/mol. The Hall–Kier alpha value is -2.73. The summed E-state index contributed by atoms with van der Waals surface area (Å²) in [4.78, 5) is 9.27. The second kappa shape index (κ2) is 7.03. The van der Waals surface area contributed by atoms with E-state index < -0.39 is 0 Å². The Morgan fingerprint density at radius 2 is 1.80 bits per heavy atom. The number of para-hydroxylation sites is 1. The van der Waals surface area contributed by atoms with Crippen LogP contribution >= 0.6 is 11.8 Å². The molecule has 0 bridgehead atoms. The Morgan fingerprint density at radius 1 is 1.04 bits per heavy atom. The summed E-state index contributed by atoms with van der Waals surface area (Å²) in [6.07, 6.45) is 5.10. The normalized spacial score (nSPS) is 20.1. The van der Waals surface area contributed by atoms with Crippen LogP contribution in [0.15, 0.2) is 79.9 Å². The number of hydrogen-bond acceptors (Lipinski definition) is 6. The summed E-state index contributed by atoms with van der Waals surface area (Å²) in [5.74, 6) is 2.44. The molecule has 6 heteroatoms. The van der Waals surface area contributed by atoms with Gasteiger partial charge in [-0.15, -0.1) is 0 Å². The van der Waals surface area contributed by atoms with Crippen LogP contribution in [0.4, 0.5) is 0 Å². The Morgan fingerprint density at radius 3 is 2.52 bits per heavy atom. The predicted molar refractivity (Wildman–Crippen MR) is 98.5 cm³/mol. The molecule has 0 N–H and O–H groups in total. The van der Waals surface area contributed by atoms with Gasteiger partial charge in [0.2, 0.25) is 0 Å². The molecular formula is C19H16N2O3S. The van der Waals surface area contributed by atoms with Crippen LogP contribution in [0.25, 0.3) is 0 Å². The van der Waals surface area contributed by atoms with Gasteiger partial charge in [-0.3, -0.25) is 0 Å². The lowest BCUT2D eigenvalue weighted by Crippen LogP contribution is -1.99. The highest BCUT2D eigenvalue weighted by atomic mass is 32.2. The van der Waals surface area contributed by atoms with Crippen LogP contribution in [-0.4, -0.2) is 18.5 Å². The van der Waals surface area contributed by atoms with Crippen LogP contribution in [0.5, 0.6) is 5.75 Å². The summed E-state index contributed by atoms with van der Waals surface area (Å²) in [7, 11) is 1.65. The number of furan rings is 2. The predicted octanol–water partition coefficient (Wildman–Crippen LogP) is 4.89. The fraction of sp³-hybridized carbons (Fsp3) is 0.158. The van der Waals surface area contributed by atoms with E-state index in [-0.39, 0.29) is 11.3 Å². The lowest BCUT2D eigenvalue weighted by molar-refractivity contribution is 0.414. The lowest BCUT2D eigenvalue weighted by atomic mass is 10.1. The maximum absolute atomic E-state index is 5.59. The van der Waals surface area contributed by atoms with Crippen LogP contribution in [0, 0.1) is 0 Å². The van der Waals surface area contributed by atoms with Crippen molar-refractivity contribution in [1.29, 1.82) is 0 Å². The number of aliphatic imine (C=N–C) groups is 2. The van der Waals surface area contributed by atoms with Crippen LogP contribution in [0.1, 0.15) is 28.4 Å². The maximum atomic E-state index is 5.59. The number of methoxy groups -OCH3 is 1. The van der Waals surface area contributed by atoms with Gasteiger partial charge in [0.05, 0.1) is 19.6 Å². The summed E-state index contributed by atoms with van der Waals surface area (Å²) in [5.41, 5.74) is 0.907. The molecule has 0 spiro atoms. The summed E-state index contributed by atoms with van der Waals surface area (Å²) < 4.78 is 16.5. The van der Waals surface area contributed by atoms with Gasteiger partial charge in [-0.25, -0.2) is 9.98 Å². The molecule has 0 amide bonds. The molecule has 2 aromatic heterocycles. The summed E-state index contributed by atoms with van der Waals surface area (Å²) in [6, 6.07) is 15.2. The number of hydrogen-bond donors (Lipinski definition) is 0. The smallest absolute Gasteiger partial charge is 0.184 e. The summed E-state index contributed by atoms with van der Waals surface area (Å²) in [6.45, 7) is 0. The van der Waals surface area contributed by atoms with E-state index in [2.05, 4.69) is 4.99 Å². The third-order valence-electron chi connectivity index (χ3n) is 3.88. The molecule has 126 valence electrons. The molecule has 0 saturated heterocycles. The molecule has 1 aliphatic heterocycles. The van der Waals surface area contributed by atoms with Crippen LogP contribution in [-0.2, 0) is 0 Å². The molecule has 0 saturated carbocycles. The first kappa shape index (κ1) is 15.8. The van der Waals surface area contributed by atoms with E-state index >= 15 is 0 Å². The number of rotatable bonds is 4. The first-order valence-corrected chi connectivity index (χ1v) is 8.71. The van der Waals surface area contributed by atoms with Gasteiger partial charge in [0.15, 0.2) is 5.17 Å². The number of benzene rings is 1. The van der Waals surface area contributed by atoms with Crippen molar-refractivity contribution in [3.8, 4) is 5.75 Å². The van der Waals surface area contributed by atoms with Crippen molar-refractivity contribution in [3.05, 3.63) is 78.1 Å². The SMILES string of the molecule is COc1ccccc1C=NC1=N[C@H](c2ccco2)[C@H](c2ccco2)S1. The first-order chi connectivity index (χ1) is 12.3. The number of thioether (sulfide) groups is 1. The first-order valence-electron chi connectivity index (χ1n) is 7.83. The topological polar surface area (TPSA) is 60.2 Å². The van der Waals surface area contributed by atoms with Crippen molar-refractivity contribution in [3.63, 3.8) is 0 Å². The standard InChI is InChI=1S/C19H16N2O3S/c1-22-14-7-3-2-6-13(14)12-20-19-21-17(15-8-4-10-23-15)18(25-19)16-9-5-11-24-16/h2-12,17-18H,1H3/t17-,18+/m1/s1. The van der Waals surface area contributed by atoms with Crippen molar-refractivity contribution in [2.24, 2.45) is 9.98 Å². The van der Waals surface area contributed by atoms with Gasteiger partial charge in [-0.1, -0.05) is 23.9 Å². The van der Waals surface area contributed by atoms with Gasteiger partial charge >= 0.3 is 0 Å². The van der Waals surface area contributed by atoms with Gasteiger partial charge in [-0.2, -0.15) is 0 Å². The quantitative estimate of drug-likeness (QED) is 0.628. The summed E-state index contributed by atoms with van der Waals surface area (Å²) in [5, 5.41) is 0.694. The maximum Gasteiger partial charge on any atom is 0.184 e. The number of ether oxygens (including phenoxy) is 1. The molecule has 4 rings (SSSR count). The van der Waals surface area contributed by atoms with E-state index in [9.17, 15) is 0 Å². The molecular weight excluding hydrogens is 336 g/mol. The lowest BCUT2D eigenvalue weighted by Gasteiger charge is -2.11. The minimum Gasteiger partial charge on any atom is -0.496 e. The monoisotopic (exact) mass is 352 g/mol. The van der Waals surface area contributed by atoms with Crippen molar-refractivity contribution in [2.45, 2.75) is 11.3 Å². The Bertz CT molecular complexity index is 885. The van der Waals surface area contributed by atoms with E-state index in [1.165, 1.54) is 0 Å². The molecule has 0 radical (unpaired) electrons. The fourth-order valence-electron chi connectivity index (χ4n) is 2.70. The zero-order valence-electron chi connectivity index (χ0n) is 13.5. The summed E-state index contributed by atoms with van der Waals surface area (Å²) >= 11 is 1.56. The molecule has 3 heterocycles. The van der Waals surface area contributed by atoms with Crippen LogP contribution < -0.4 is 4.74 Å². The Labute approximate surface area is 149 Å². The highest BCUT2D eigenvalue weighted by Gasteiger charge is 2.36. The largest absolute Gasteiger partial charge is 0.496 e. The van der Waals surface area contributed by atoms with Gasteiger partial charge in [0.25, 0.3) is 0 Å². The molecule has 2 atom stereocenters. The van der Waals surface area contributed by atoms with Crippen molar-refractivity contribution in [1.82, 2.24) is 0 Å². The molecule has 0 aliphatic carbocycles. The fourth-order valence-corrected chi connectivity index (χ4v) is 3.79. The second-order valence-electron chi connectivity index (χ2n) is 5.43. The van der Waals surface area contributed by atoms with Crippen molar-refractivity contribution in [2.75, 3.05) is 7.11 Å². The highest BCUT2D eigenvalue weighted by molar-refractivity contribution is 8.14. The third kappa shape index (κ3) is 3.25. The Kier molecular flexibility index (Phi) is 4.43. The van der Waals surface area contributed by atoms with Crippen molar-refractivity contribution < 1.29 is 13.6 Å². The zero-order chi connectivity index (χ0) is 17.1. The minimum absolute atomic E-state index is 0.00553. The number of nitrogens with zero attached hydrogens (tertiary/aromatic N) is 2. The number of amidine groups is 1. The highest BCUT2D eigenvalue weighted by Crippen LogP contribution is 2.48. The minimum atomic E-state index is -0.157. The van der Waals surface area contributed by atoms with Crippen LogP contribution in [0.3, 0.4) is 0 Å². The van der Waals surface area contributed by atoms with Gasteiger partial charge in [0, 0.05) is 11.8 Å². The zero-order valence-corrected chi connectivity index (χ0v) is 14.3. The van der Waals surface area contributed by atoms with E-state index in [1.807, 2.05) is 48.5 Å². The van der Waals surface area contributed by atoms with Crippen molar-refractivity contribution >= 4 is 23.1 Å². The molecule has 3 aromatic rings. The molecule has 0 unspecified atom stereocenters. The molecule has 5 nitrogen and oxygen atoms in total. The molecule has 1 aliphatic rings.